The summed E-state index contributed by atoms with van der Waals surface area (Å²) in [7, 11) is 0. The molecule has 2 atom stereocenters. The highest BCUT2D eigenvalue weighted by atomic mass is 19.1. The second kappa shape index (κ2) is 10.1. The van der Waals surface area contributed by atoms with Crippen LogP contribution in [0.1, 0.15) is 66.7 Å². The molecule has 0 saturated heterocycles. The van der Waals surface area contributed by atoms with E-state index in [0.717, 1.165) is 66.7 Å². The van der Waals surface area contributed by atoms with E-state index in [1.807, 2.05) is 31.2 Å². The minimum Gasteiger partial charge on any atom is -0.449 e. The highest BCUT2D eigenvalue weighted by molar-refractivity contribution is 5.86. The summed E-state index contributed by atoms with van der Waals surface area (Å²) in [6.45, 7) is 4.14. The van der Waals surface area contributed by atoms with E-state index in [2.05, 4.69) is 10.2 Å². The fourth-order valence-corrected chi connectivity index (χ4v) is 5.47. The van der Waals surface area contributed by atoms with Crippen molar-refractivity contribution in [3.8, 4) is 0 Å². The molecule has 1 N–H and O–H groups in total. The molecule has 2 aliphatic rings. The summed E-state index contributed by atoms with van der Waals surface area (Å²) >= 11 is 0. The van der Waals surface area contributed by atoms with Crippen molar-refractivity contribution in [2.45, 2.75) is 44.4 Å². The lowest BCUT2D eigenvalue weighted by molar-refractivity contribution is 0.160. The molecule has 0 spiro atoms. The lowest BCUT2D eigenvalue weighted by Crippen LogP contribution is -2.37. The van der Waals surface area contributed by atoms with Gasteiger partial charge in [-0.15, -0.1) is 0 Å². The van der Waals surface area contributed by atoms with Crippen LogP contribution in [0.3, 0.4) is 0 Å². The zero-order chi connectivity index (χ0) is 24.4. The van der Waals surface area contributed by atoms with Crippen molar-refractivity contribution in [1.82, 2.24) is 0 Å². The van der Waals surface area contributed by atoms with E-state index >= 15 is 0 Å². The van der Waals surface area contributed by atoms with Crippen LogP contribution in [-0.2, 0) is 4.74 Å². The molecule has 3 aromatic carbocycles. The Morgan fingerprint density at radius 1 is 0.943 bits per heavy atom. The molecule has 0 aromatic heterocycles. The minimum atomic E-state index is -0.487. The number of hydrogen-bond donors (Lipinski definition) is 1. The molecule has 0 saturated carbocycles. The van der Waals surface area contributed by atoms with E-state index in [1.54, 1.807) is 24.3 Å². The Bertz CT molecular complexity index is 1150. The van der Waals surface area contributed by atoms with Gasteiger partial charge in [-0.3, -0.25) is 5.32 Å². The Balaban J connectivity index is 1.60. The van der Waals surface area contributed by atoms with Gasteiger partial charge in [-0.2, -0.15) is 0 Å². The van der Waals surface area contributed by atoms with Crippen molar-refractivity contribution >= 4 is 17.5 Å². The van der Waals surface area contributed by atoms with Crippen molar-refractivity contribution in [3.63, 3.8) is 0 Å². The Hall–Kier alpha value is -3.41. The fraction of sp³-hybridized carbons (Fsp3) is 0.345. The summed E-state index contributed by atoms with van der Waals surface area (Å²) in [4.78, 5) is 14.9. The Morgan fingerprint density at radius 2 is 1.51 bits per heavy atom. The van der Waals surface area contributed by atoms with Gasteiger partial charge in [0.15, 0.2) is 0 Å². The van der Waals surface area contributed by atoms with Crippen molar-refractivity contribution in [3.05, 3.63) is 94.6 Å². The molecule has 4 nitrogen and oxygen atoms in total. The monoisotopic (exact) mass is 476 g/mol. The molecular weight excluding hydrogens is 446 g/mol. The number of carbonyl (C=O) groups excluding carboxylic acids is 1. The molecule has 1 amide bonds. The van der Waals surface area contributed by atoms with Gasteiger partial charge in [0, 0.05) is 36.3 Å². The van der Waals surface area contributed by atoms with Gasteiger partial charge in [0.1, 0.15) is 11.6 Å². The molecule has 2 aliphatic heterocycles. The van der Waals surface area contributed by atoms with Gasteiger partial charge in [0.25, 0.3) is 0 Å². The lowest BCUT2D eigenvalue weighted by Gasteiger charge is -2.43. The van der Waals surface area contributed by atoms with Crippen molar-refractivity contribution in [1.29, 1.82) is 0 Å². The first-order valence-electron chi connectivity index (χ1n) is 12.4. The standard InChI is InChI=1S/C29H30F2N2O2/c1-2-3-14-35-29(34)32-23-17-26-24(19-6-4-8-21(30)15-19)10-12-33-13-11-25(27(18-23)28(26)33)20-7-5-9-22(31)16-20/h4-9,15-18,24-25H,2-3,10-14H2,1H3,(H,32,34). The van der Waals surface area contributed by atoms with E-state index in [9.17, 15) is 13.6 Å². The summed E-state index contributed by atoms with van der Waals surface area (Å²) in [6.07, 6.45) is 2.96. The maximum atomic E-state index is 14.1. The first-order chi connectivity index (χ1) is 17.0. The number of nitrogens with zero attached hydrogens (tertiary/aromatic N) is 1. The maximum absolute atomic E-state index is 14.1. The van der Waals surface area contributed by atoms with E-state index in [1.165, 1.54) is 12.1 Å². The predicted octanol–water partition coefficient (Wildman–Crippen LogP) is 7.19. The number of halogens is 2. The van der Waals surface area contributed by atoms with Crippen LogP contribution in [0, 0.1) is 11.6 Å². The molecule has 35 heavy (non-hydrogen) atoms. The third kappa shape index (κ3) is 4.88. The molecule has 2 unspecified atom stereocenters. The number of anilines is 2. The van der Waals surface area contributed by atoms with E-state index in [0.29, 0.717) is 12.3 Å². The number of unbranched alkanes of at least 4 members (excludes halogenated alkanes) is 1. The number of amides is 1. The zero-order valence-corrected chi connectivity index (χ0v) is 19.9. The van der Waals surface area contributed by atoms with Gasteiger partial charge < -0.3 is 9.64 Å². The predicted molar refractivity (Wildman–Crippen MR) is 134 cm³/mol. The summed E-state index contributed by atoms with van der Waals surface area (Å²) in [5, 5.41) is 2.90. The molecule has 5 rings (SSSR count). The summed E-state index contributed by atoms with van der Waals surface area (Å²) < 4.78 is 33.6. The second-order valence-corrected chi connectivity index (χ2v) is 9.40. The average Bonchev–Trinajstić information content (AvgIpc) is 2.84. The molecule has 0 aliphatic carbocycles. The van der Waals surface area contributed by atoms with Crippen LogP contribution in [-0.4, -0.2) is 25.8 Å². The molecule has 0 fully saturated rings. The van der Waals surface area contributed by atoms with Crippen LogP contribution in [0.5, 0.6) is 0 Å². The van der Waals surface area contributed by atoms with Crippen LogP contribution in [0.25, 0.3) is 0 Å². The molecule has 2 heterocycles. The van der Waals surface area contributed by atoms with Gasteiger partial charge in [-0.25, -0.2) is 13.6 Å². The quantitative estimate of drug-likeness (QED) is 0.383. The van der Waals surface area contributed by atoms with E-state index in [-0.39, 0.29) is 23.5 Å². The van der Waals surface area contributed by atoms with E-state index in [4.69, 9.17) is 4.74 Å². The number of ether oxygens (including phenoxy) is 1. The van der Waals surface area contributed by atoms with E-state index < -0.39 is 6.09 Å². The van der Waals surface area contributed by atoms with Crippen molar-refractivity contribution < 1.29 is 18.3 Å². The summed E-state index contributed by atoms with van der Waals surface area (Å²) in [5.74, 6) is -0.518. The second-order valence-electron chi connectivity index (χ2n) is 9.40. The summed E-state index contributed by atoms with van der Waals surface area (Å²) in [6, 6.07) is 17.5. The Kier molecular flexibility index (Phi) is 6.71. The van der Waals surface area contributed by atoms with Crippen LogP contribution < -0.4 is 10.2 Å². The molecule has 0 radical (unpaired) electrons. The first-order valence-corrected chi connectivity index (χ1v) is 12.4. The molecule has 6 heteroatoms. The highest BCUT2D eigenvalue weighted by Crippen LogP contribution is 2.49. The number of benzene rings is 3. The highest BCUT2D eigenvalue weighted by Gasteiger charge is 2.35. The van der Waals surface area contributed by atoms with Crippen molar-refractivity contribution in [2.24, 2.45) is 0 Å². The molecule has 182 valence electrons. The SMILES string of the molecule is CCCCOC(=O)Nc1cc2c3c(c1)C(c1cccc(F)c1)CCN3CCC2c1cccc(F)c1. The number of rotatable bonds is 6. The zero-order valence-electron chi connectivity index (χ0n) is 19.9. The maximum Gasteiger partial charge on any atom is 0.411 e. The molecule has 0 bridgehead atoms. The lowest BCUT2D eigenvalue weighted by atomic mass is 9.76. The Labute approximate surface area is 204 Å². The Morgan fingerprint density at radius 3 is 2.03 bits per heavy atom. The van der Waals surface area contributed by atoms with Gasteiger partial charge in [-0.1, -0.05) is 37.6 Å². The normalized spacial score (nSPS) is 18.7. The van der Waals surface area contributed by atoms with Gasteiger partial charge >= 0.3 is 6.09 Å². The third-order valence-electron chi connectivity index (χ3n) is 7.09. The van der Waals surface area contributed by atoms with Gasteiger partial charge in [0.05, 0.1) is 6.61 Å². The molecular formula is C29H30F2N2O2. The molecule has 3 aromatic rings. The topological polar surface area (TPSA) is 41.6 Å². The average molecular weight is 477 g/mol. The van der Waals surface area contributed by atoms with Crippen LogP contribution >= 0.6 is 0 Å². The minimum absolute atomic E-state index is 0.000165. The van der Waals surface area contributed by atoms with Crippen LogP contribution in [0.4, 0.5) is 25.0 Å². The summed E-state index contributed by atoms with van der Waals surface area (Å²) in [5.41, 5.74) is 5.72. The van der Waals surface area contributed by atoms with Gasteiger partial charge in [0.2, 0.25) is 0 Å². The smallest absolute Gasteiger partial charge is 0.411 e. The third-order valence-corrected chi connectivity index (χ3v) is 7.09. The van der Waals surface area contributed by atoms with Crippen LogP contribution in [0.2, 0.25) is 0 Å². The van der Waals surface area contributed by atoms with Crippen LogP contribution in [0.15, 0.2) is 60.7 Å². The number of hydrogen-bond acceptors (Lipinski definition) is 3. The van der Waals surface area contributed by atoms with Gasteiger partial charge in [-0.05, 0) is 77.9 Å². The largest absolute Gasteiger partial charge is 0.449 e. The fourth-order valence-electron chi connectivity index (χ4n) is 5.47. The first kappa shape index (κ1) is 23.3. The van der Waals surface area contributed by atoms with Crippen molar-refractivity contribution in [2.75, 3.05) is 29.9 Å². The number of carbonyl (C=O) groups is 1. The number of nitrogens with one attached hydrogen (secondary N) is 1.